The first kappa shape index (κ1) is 21.2. The van der Waals surface area contributed by atoms with Crippen LogP contribution in [0.15, 0.2) is 18.7 Å². The summed E-state index contributed by atoms with van der Waals surface area (Å²) in [7, 11) is 0. The number of hydrogen-bond donors (Lipinski definition) is 3. The lowest BCUT2D eigenvalue weighted by Crippen LogP contribution is -2.56. The monoisotopic (exact) mass is 478 g/mol. The Morgan fingerprint density at radius 1 is 1.31 bits per heavy atom. The predicted octanol–water partition coefficient (Wildman–Crippen LogP) is 2.09. The molecule has 1 aliphatic carbocycles. The van der Waals surface area contributed by atoms with Crippen LogP contribution in [0.1, 0.15) is 24.8 Å². The SMILES string of the molecule is Nc1ncnc2c1ncn2Cc1c(Cl)c(Cl)cc(F)c1N1CCC(N)(C(=O)NC2CC2)C1. The third-order valence-electron chi connectivity index (χ3n) is 5.98. The molecule has 32 heavy (non-hydrogen) atoms. The zero-order valence-electron chi connectivity index (χ0n) is 17.0. The number of hydrogen-bond acceptors (Lipinski definition) is 7. The molecule has 168 valence electrons. The third-order valence-corrected chi connectivity index (χ3v) is 6.81. The summed E-state index contributed by atoms with van der Waals surface area (Å²) in [4.78, 5) is 26.8. The number of nitrogens with one attached hydrogen (secondary N) is 1. The molecule has 1 unspecified atom stereocenters. The highest BCUT2D eigenvalue weighted by Gasteiger charge is 2.44. The Morgan fingerprint density at radius 2 is 2.09 bits per heavy atom. The van der Waals surface area contributed by atoms with E-state index < -0.39 is 11.4 Å². The van der Waals surface area contributed by atoms with Crippen molar-refractivity contribution >= 4 is 51.8 Å². The molecule has 12 heteroatoms. The van der Waals surface area contributed by atoms with Crippen LogP contribution < -0.4 is 21.7 Å². The van der Waals surface area contributed by atoms with Gasteiger partial charge in [0, 0.05) is 24.7 Å². The number of aromatic nitrogens is 4. The van der Waals surface area contributed by atoms with E-state index in [9.17, 15) is 4.79 Å². The van der Waals surface area contributed by atoms with E-state index in [1.807, 2.05) is 0 Å². The van der Waals surface area contributed by atoms with Crippen molar-refractivity contribution in [1.29, 1.82) is 0 Å². The molecule has 3 aromatic rings. The van der Waals surface area contributed by atoms with E-state index >= 15 is 4.39 Å². The average molecular weight is 479 g/mol. The first-order chi connectivity index (χ1) is 15.3. The Labute approximate surface area is 192 Å². The highest BCUT2D eigenvalue weighted by Crippen LogP contribution is 2.39. The molecule has 0 bridgehead atoms. The van der Waals surface area contributed by atoms with Gasteiger partial charge in [0.15, 0.2) is 11.5 Å². The summed E-state index contributed by atoms with van der Waals surface area (Å²) < 4.78 is 16.9. The zero-order chi connectivity index (χ0) is 22.6. The fourth-order valence-electron chi connectivity index (χ4n) is 4.07. The van der Waals surface area contributed by atoms with Gasteiger partial charge in [-0.05, 0) is 25.3 Å². The third kappa shape index (κ3) is 3.62. The largest absolute Gasteiger partial charge is 0.382 e. The fourth-order valence-corrected chi connectivity index (χ4v) is 4.49. The quantitative estimate of drug-likeness (QED) is 0.478. The number of carbonyl (C=O) groups excluding carboxylic acids is 1. The Hall–Kier alpha value is -2.69. The molecular weight excluding hydrogens is 458 g/mol. The standard InChI is InChI=1S/C20H21Cl2FN8O/c21-12-5-13(23)16(30-4-3-20(25,7-30)19(32)29-10-1-2-10)11(14(12)22)6-31-9-28-15-17(24)26-8-27-18(15)31/h5,8-10H,1-4,6-7,25H2,(H,29,32)(H2,24,26,27). The number of benzene rings is 1. The summed E-state index contributed by atoms with van der Waals surface area (Å²) in [6.45, 7) is 0.699. The van der Waals surface area contributed by atoms with E-state index in [1.54, 1.807) is 9.47 Å². The van der Waals surface area contributed by atoms with E-state index in [-0.39, 0.29) is 46.6 Å². The van der Waals surface area contributed by atoms with Crippen molar-refractivity contribution in [3.05, 3.63) is 40.1 Å². The molecule has 1 saturated heterocycles. The maximum absolute atomic E-state index is 15.2. The molecule has 1 saturated carbocycles. The molecule has 5 N–H and O–H groups in total. The molecule has 2 fully saturated rings. The predicted molar refractivity (Wildman–Crippen MR) is 120 cm³/mol. The summed E-state index contributed by atoms with van der Waals surface area (Å²) >= 11 is 12.7. The molecule has 2 aromatic heterocycles. The Kier molecular flexibility index (Phi) is 5.11. The van der Waals surface area contributed by atoms with Gasteiger partial charge in [0.1, 0.15) is 23.2 Å². The molecule has 1 aliphatic heterocycles. The highest BCUT2D eigenvalue weighted by atomic mass is 35.5. The molecule has 1 aromatic carbocycles. The first-order valence-electron chi connectivity index (χ1n) is 10.2. The smallest absolute Gasteiger partial charge is 0.242 e. The number of fused-ring (bicyclic) bond motifs is 1. The lowest BCUT2D eigenvalue weighted by atomic mass is 9.99. The lowest BCUT2D eigenvalue weighted by Gasteiger charge is -2.27. The van der Waals surface area contributed by atoms with Gasteiger partial charge in [0.2, 0.25) is 5.91 Å². The van der Waals surface area contributed by atoms with Crippen molar-refractivity contribution in [3.8, 4) is 0 Å². The normalized spacial score (nSPS) is 20.8. The Morgan fingerprint density at radius 3 is 2.84 bits per heavy atom. The van der Waals surface area contributed by atoms with Crippen molar-refractivity contribution in [3.63, 3.8) is 0 Å². The molecule has 5 rings (SSSR count). The molecule has 2 aliphatic rings. The second-order valence-corrected chi connectivity index (χ2v) is 9.15. The lowest BCUT2D eigenvalue weighted by molar-refractivity contribution is -0.125. The second-order valence-electron chi connectivity index (χ2n) is 8.36. The highest BCUT2D eigenvalue weighted by molar-refractivity contribution is 6.42. The van der Waals surface area contributed by atoms with Gasteiger partial charge in [0.25, 0.3) is 0 Å². The van der Waals surface area contributed by atoms with Crippen LogP contribution >= 0.6 is 23.2 Å². The summed E-state index contributed by atoms with van der Waals surface area (Å²) in [6, 6.07) is 1.37. The minimum atomic E-state index is -1.11. The number of nitrogen functional groups attached to an aromatic ring is 1. The number of carbonyl (C=O) groups is 1. The number of halogens is 3. The van der Waals surface area contributed by atoms with Gasteiger partial charge in [-0.15, -0.1) is 0 Å². The number of anilines is 2. The topological polar surface area (TPSA) is 128 Å². The van der Waals surface area contributed by atoms with Crippen molar-refractivity contribution in [2.45, 2.75) is 37.4 Å². The number of amides is 1. The van der Waals surface area contributed by atoms with E-state index in [1.165, 1.54) is 18.7 Å². The van der Waals surface area contributed by atoms with Gasteiger partial charge >= 0.3 is 0 Å². The maximum atomic E-state index is 15.2. The van der Waals surface area contributed by atoms with Crippen LogP contribution in [0.25, 0.3) is 11.2 Å². The van der Waals surface area contributed by atoms with Crippen molar-refractivity contribution < 1.29 is 9.18 Å². The van der Waals surface area contributed by atoms with Crippen molar-refractivity contribution in [1.82, 2.24) is 24.8 Å². The molecule has 0 radical (unpaired) electrons. The minimum Gasteiger partial charge on any atom is -0.382 e. The van der Waals surface area contributed by atoms with E-state index in [4.69, 9.17) is 34.7 Å². The van der Waals surface area contributed by atoms with Gasteiger partial charge in [-0.25, -0.2) is 19.3 Å². The second kappa shape index (κ2) is 7.72. The van der Waals surface area contributed by atoms with Crippen LogP contribution in [0, 0.1) is 5.82 Å². The fraction of sp³-hybridized carbons (Fsp3) is 0.400. The summed E-state index contributed by atoms with van der Waals surface area (Å²) in [5, 5.41) is 3.25. The van der Waals surface area contributed by atoms with Crippen LogP contribution in [0.2, 0.25) is 10.0 Å². The summed E-state index contributed by atoms with van der Waals surface area (Å²) in [6.07, 6.45) is 5.18. The van der Waals surface area contributed by atoms with Gasteiger partial charge in [-0.1, -0.05) is 23.2 Å². The van der Waals surface area contributed by atoms with E-state index in [0.717, 1.165) is 12.8 Å². The molecule has 0 spiro atoms. The molecule has 1 amide bonds. The molecule has 3 heterocycles. The van der Waals surface area contributed by atoms with Gasteiger partial charge in [-0.2, -0.15) is 0 Å². The molecule has 1 atom stereocenters. The number of nitrogens with zero attached hydrogens (tertiary/aromatic N) is 5. The summed E-state index contributed by atoms with van der Waals surface area (Å²) in [5.74, 6) is -0.511. The van der Waals surface area contributed by atoms with Crippen LogP contribution in [0.4, 0.5) is 15.9 Å². The zero-order valence-corrected chi connectivity index (χ0v) is 18.5. The maximum Gasteiger partial charge on any atom is 0.242 e. The number of rotatable bonds is 5. The Bertz CT molecular complexity index is 1230. The van der Waals surface area contributed by atoms with Crippen molar-refractivity contribution in [2.75, 3.05) is 23.7 Å². The Balaban J connectivity index is 1.51. The minimum absolute atomic E-state index is 0.0890. The molecular formula is C20H21Cl2FN8O. The van der Waals surface area contributed by atoms with E-state index in [2.05, 4.69) is 20.3 Å². The van der Waals surface area contributed by atoms with Crippen molar-refractivity contribution in [2.24, 2.45) is 5.73 Å². The average Bonchev–Trinajstić information content (AvgIpc) is 3.33. The van der Waals surface area contributed by atoms with Crippen LogP contribution in [0.3, 0.4) is 0 Å². The first-order valence-corrected chi connectivity index (χ1v) is 10.9. The molecule has 9 nitrogen and oxygen atoms in total. The number of imidazole rings is 1. The number of nitrogens with two attached hydrogens (primary N) is 2. The van der Waals surface area contributed by atoms with Gasteiger partial charge in [-0.3, -0.25) is 4.79 Å². The van der Waals surface area contributed by atoms with Crippen LogP contribution in [-0.4, -0.2) is 50.1 Å². The van der Waals surface area contributed by atoms with E-state index in [0.29, 0.717) is 29.7 Å². The van der Waals surface area contributed by atoms with Crippen LogP contribution in [0.5, 0.6) is 0 Å². The van der Waals surface area contributed by atoms with Crippen LogP contribution in [-0.2, 0) is 11.3 Å². The summed E-state index contributed by atoms with van der Waals surface area (Å²) in [5.41, 5.74) is 12.8. The van der Waals surface area contributed by atoms with Gasteiger partial charge in [0.05, 0.1) is 28.6 Å². The van der Waals surface area contributed by atoms with Gasteiger partial charge < -0.3 is 26.3 Å².